The van der Waals surface area contributed by atoms with Crippen molar-refractivity contribution in [3.63, 3.8) is 0 Å². The zero-order chi connectivity index (χ0) is 10.7. The van der Waals surface area contributed by atoms with Crippen molar-refractivity contribution in [3.8, 4) is 0 Å². The molecule has 15 heavy (non-hydrogen) atoms. The molecule has 0 aliphatic rings. The maximum Gasteiger partial charge on any atom is 0.270 e. The summed E-state index contributed by atoms with van der Waals surface area (Å²) in [5, 5.41) is 6.35. The van der Waals surface area contributed by atoms with Gasteiger partial charge in [-0.3, -0.25) is 4.79 Å². The van der Waals surface area contributed by atoms with Crippen LogP contribution in [0.25, 0.3) is 0 Å². The molecule has 0 spiro atoms. The zero-order valence-corrected chi connectivity index (χ0v) is 8.79. The zero-order valence-electron chi connectivity index (χ0n) is 7.22. The van der Waals surface area contributed by atoms with E-state index in [-0.39, 0.29) is 11.1 Å². The quantitative estimate of drug-likeness (QED) is 0.855. The Morgan fingerprint density at radius 3 is 2.80 bits per heavy atom. The predicted molar refractivity (Wildman–Crippen MR) is 54.9 cm³/mol. The molecule has 0 saturated carbocycles. The van der Waals surface area contributed by atoms with Crippen LogP contribution in [-0.2, 0) is 0 Å². The number of halogens is 1. The fourth-order valence-corrected chi connectivity index (χ4v) is 1.33. The second kappa shape index (κ2) is 4.28. The van der Waals surface area contributed by atoms with Gasteiger partial charge >= 0.3 is 0 Å². The molecule has 6 nitrogen and oxygen atoms in total. The smallest absolute Gasteiger partial charge is 0.270 e. The number of hydrogen-bond acceptors (Lipinski definition) is 6. The fraction of sp³-hybridized carbons (Fsp3) is 0. The van der Waals surface area contributed by atoms with Crippen molar-refractivity contribution in [2.75, 3.05) is 5.32 Å². The van der Waals surface area contributed by atoms with Crippen LogP contribution in [0.4, 0.5) is 5.82 Å². The van der Waals surface area contributed by atoms with Crippen molar-refractivity contribution in [3.05, 3.63) is 28.6 Å². The van der Waals surface area contributed by atoms with Gasteiger partial charge in [-0.2, -0.15) is 0 Å². The van der Waals surface area contributed by atoms with Crippen molar-refractivity contribution < 1.29 is 4.79 Å². The molecule has 0 aliphatic carbocycles. The van der Waals surface area contributed by atoms with E-state index in [0.29, 0.717) is 10.7 Å². The van der Waals surface area contributed by atoms with Gasteiger partial charge in [0.25, 0.3) is 5.91 Å². The highest BCUT2D eigenvalue weighted by Gasteiger charge is 2.09. The van der Waals surface area contributed by atoms with Crippen molar-refractivity contribution in [2.24, 2.45) is 0 Å². The molecule has 2 aromatic heterocycles. The second-order valence-corrected chi connectivity index (χ2v) is 3.63. The number of carbonyl (C=O) groups excluding carboxylic acids is 1. The number of hydrogen-bond donors (Lipinski definition) is 1. The van der Waals surface area contributed by atoms with Crippen molar-refractivity contribution in [1.82, 2.24) is 19.6 Å². The van der Waals surface area contributed by atoms with E-state index in [1.54, 1.807) is 0 Å². The van der Waals surface area contributed by atoms with Crippen LogP contribution in [0.2, 0.25) is 5.15 Å². The van der Waals surface area contributed by atoms with Gasteiger partial charge in [-0.05, 0) is 11.5 Å². The largest absolute Gasteiger partial charge is 0.304 e. The van der Waals surface area contributed by atoms with E-state index in [2.05, 4.69) is 24.9 Å². The first kappa shape index (κ1) is 9.94. The summed E-state index contributed by atoms with van der Waals surface area (Å²) in [5.74, 6) is 0.0134. The number of amides is 1. The van der Waals surface area contributed by atoms with E-state index >= 15 is 0 Å². The summed E-state index contributed by atoms with van der Waals surface area (Å²) < 4.78 is 3.57. The number of nitrogens with zero attached hydrogens (tertiary/aromatic N) is 4. The number of aromatic nitrogens is 4. The molecular weight excluding hydrogens is 238 g/mol. The Morgan fingerprint density at radius 1 is 1.33 bits per heavy atom. The minimum Gasteiger partial charge on any atom is -0.304 e. The normalized spacial score (nSPS) is 9.93. The Morgan fingerprint density at radius 2 is 2.20 bits per heavy atom. The number of rotatable bonds is 2. The van der Waals surface area contributed by atoms with Crippen LogP contribution in [0.1, 0.15) is 9.67 Å². The van der Waals surface area contributed by atoms with Crippen molar-refractivity contribution >= 4 is 34.9 Å². The average molecular weight is 242 g/mol. The standard InChI is InChI=1S/C7H4ClN5OS/c8-5-2-10-6(3-9-5)12-7(14)4-1-11-13-15-4/h1-3H,(H,10,12,14). The Labute approximate surface area is 93.5 Å². The summed E-state index contributed by atoms with van der Waals surface area (Å²) in [7, 11) is 0. The molecule has 1 N–H and O–H groups in total. The molecule has 0 radical (unpaired) electrons. The van der Waals surface area contributed by atoms with E-state index in [1.165, 1.54) is 18.6 Å². The predicted octanol–water partition coefficient (Wildman–Crippen LogP) is 1.23. The summed E-state index contributed by atoms with van der Waals surface area (Å²) in [6.07, 6.45) is 4.10. The van der Waals surface area contributed by atoms with E-state index < -0.39 is 0 Å². The summed E-state index contributed by atoms with van der Waals surface area (Å²) in [4.78, 5) is 19.5. The number of nitrogens with one attached hydrogen (secondary N) is 1. The van der Waals surface area contributed by atoms with E-state index in [0.717, 1.165) is 11.5 Å². The molecule has 8 heteroatoms. The molecule has 2 aromatic rings. The van der Waals surface area contributed by atoms with Crippen LogP contribution in [0.3, 0.4) is 0 Å². The first-order valence-electron chi connectivity index (χ1n) is 3.82. The third-order valence-electron chi connectivity index (χ3n) is 1.45. The molecule has 0 saturated heterocycles. The summed E-state index contributed by atoms with van der Waals surface area (Å²) in [6, 6.07) is 0. The van der Waals surface area contributed by atoms with Crippen LogP contribution >= 0.6 is 23.1 Å². The highest BCUT2D eigenvalue weighted by molar-refractivity contribution is 7.07. The monoisotopic (exact) mass is 241 g/mol. The Bertz CT molecular complexity index is 457. The van der Waals surface area contributed by atoms with Crippen LogP contribution in [0.15, 0.2) is 18.6 Å². The molecule has 0 fully saturated rings. The van der Waals surface area contributed by atoms with Gasteiger partial charge in [-0.25, -0.2) is 9.97 Å². The molecule has 0 aromatic carbocycles. The summed E-state index contributed by atoms with van der Waals surface area (Å²) >= 11 is 6.55. The van der Waals surface area contributed by atoms with Crippen LogP contribution < -0.4 is 5.32 Å². The molecule has 0 unspecified atom stereocenters. The first-order chi connectivity index (χ1) is 7.25. The highest BCUT2D eigenvalue weighted by atomic mass is 35.5. The molecule has 1 amide bonds. The van der Waals surface area contributed by atoms with Crippen LogP contribution in [-0.4, -0.2) is 25.5 Å². The first-order valence-corrected chi connectivity index (χ1v) is 4.97. The summed E-state index contributed by atoms with van der Waals surface area (Å²) in [6.45, 7) is 0. The second-order valence-electron chi connectivity index (χ2n) is 2.46. The Hall–Kier alpha value is -1.60. The van der Waals surface area contributed by atoms with Gasteiger partial charge in [0, 0.05) is 0 Å². The third kappa shape index (κ3) is 2.45. The summed E-state index contributed by atoms with van der Waals surface area (Å²) in [5.41, 5.74) is 0. The lowest BCUT2D eigenvalue weighted by Gasteiger charge is -2.00. The number of anilines is 1. The van der Waals surface area contributed by atoms with Gasteiger partial charge in [0.15, 0.2) is 5.82 Å². The molecule has 2 heterocycles. The molecule has 0 bridgehead atoms. The molecule has 0 atom stereocenters. The fourth-order valence-electron chi connectivity index (χ4n) is 0.822. The Kier molecular flexibility index (Phi) is 2.84. The van der Waals surface area contributed by atoms with Crippen molar-refractivity contribution in [1.29, 1.82) is 0 Å². The average Bonchev–Trinajstić information content (AvgIpc) is 2.74. The lowest BCUT2D eigenvalue weighted by Crippen LogP contribution is -2.11. The highest BCUT2D eigenvalue weighted by Crippen LogP contribution is 2.08. The molecule has 2 rings (SSSR count). The maximum atomic E-state index is 11.5. The maximum absolute atomic E-state index is 11.5. The minimum absolute atomic E-state index is 0.271. The SMILES string of the molecule is O=C(Nc1cnc(Cl)cn1)c1cnns1. The van der Waals surface area contributed by atoms with Gasteiger partial charge in [-0.1, -0.05) is 16.1 Å². The topological polar surface area (TPSA) is 80.7 Å². The minimum atomic E-state index is -0.318. The molecule has 76 valence electrons. The Balaban J connectivity index is 2.09. The lowest BCUT2D eigenvalue weighted by atomic mass is 10.5. The third-order valence-corrected chi connectivity index (χ3v) is 2.31. The van der Waals surface area contributed by atoms with Gasteiger partial charge in [-0.15, -0.1) is 5.10 Å². The van der Waals surface area contributed by atoms with Gasteiger partial charge < -0.3 is 5.32 Å². The van der Waals surface area contributed by atoms with E-state index in [1.807, 2.05) is 0 Å². The van der Waals surface area contributed by atoms with Crippen molar-refractivity contribution in [2.45, 2.75) is 0 Å². The van der Waals surface area contributed by atoms with E-state index in [4.69, 9.17) is 11.6 Å². The number of carbonyl (C=O) groups is 1. The van der Waals surface area contributed by atoms with Crippen LogP contribution in [0.5, 0.6) is 0 Å². The van der Waals surface area contributed by atoms with Crippen LogP contribution in [0, 0.1) is 0 Å². The van der Waals surface area contributed by atoms with E-state index in [9.17, 15) is 4.79 Å². The van der Waals surface area contributed by atoms with Gasteiger partial charge in [0.1, 0.15) is 10.0 Å². The van der Waals surface area contributed by atoms with Gasteiger partial charge in [0.05, 0.1) is 18.6 Å². The lowest BCUT2D eigenvalue weighted by molar-refractivity contribution is 0.103. The molecular formula is C7H4ClN5OS. The molecule has 0 aliphatic heterocycles. The van der Waals surface area contributed by atoms with Gasteiger partial charge in [0.2, 0.25) is 0 Å².